The van der Waals surface area contributed by atoms with Gasteiger partial charge in [0, 0.05) is 5.92 Å². The molecule has 1 fully saturated rings. The number of rotatable bonds is 4. The van der Waals surface area contributed by atoms with Gasteiger partial charge in [-0.1, -0.05) is 48.5 Å². The van der Waals surface area contributed by atoms with E-state index in [1.807, 2.05) is 36.4 Å². The molecule has 1 aliphatic rings. The molecule has 4 nitrogen and oxygen atoms in total. The smallest absolute Gasteiger partial charge is 0.331 e. The fourth-order valence-electron chi connectivity index (χ4n) is 3.81. The van der Waals surface area contributed by atoms with E-state index in [1.54, 1.807) is 6.07 Å². The molecule has 0 unspecified atom stereocenters. The molecule has 0 N–H and O–H groups in total. The number of fused-ring (bicyclic) bond motifs is 1. The topological polar surface area (TPSA) is 38.7 Å². The van der Waals surface area contributed by atoms with E-state index < -0.39 is 0 Å². The summed E-state index contributed by atoms with van der Waals surface area (Å²) >= 11 is 0. The number of hydrogen-bond donors (Lipinski definition) is 0. The largest absolute Gasteiger partial charge is 0.366 e. The molecule has 0 heterocycles. The molecule has 0 saturated heterocycles. The fourth-order valence-corrected chi connectivity index (χ4v) is 3.81. The quantitative estimate of drug-likeness (QED) is 0.478. The maximum atomic E-state index is 12.5. The molecule has 0 aliphatic heterocycles. The van der Waals surface area contributed by atoms with E-state index in [4.69, 9.17) is 4.84 Å². The Hall–Kier alpha value is -2.20. The van der Waals surface area contributed by atoms with Crippen LogP contribution in [-0.2, 0) is 4.84 Å². The van der Waals surface area contributed by atoms with Crippen molar-refractivity contribution in [1.82, 2.24) is 0 Å². The first kappa shape index (κ1) is 17.6. The first-order valence-corrected chi connectivity index (χ1v) is 8.90. The molecule has 0 bridgehead atoms. The van der Waals surface area contributed by atoms with Gasteiger partial charge >= 0.3 is 5.97 Å². The van der Waals surface area contributed by atoms with Gasteiger partial charge in [0.05, 0.1) is 39.0 Å². The SMILES string of the molecule is C[C@@H]1C[C@H](C[N+](C)(C)C)C/C1=N\OC(=O)c1cccc2ccccc12. The molecule has 1 saturated carbocycles. The van der Waals surface area contributed by atoms with E-state index in [2.05, 4.69) is 33.2 Å². The minimum atomic E-state index is -0.383. The fraction of sp³-hybridized carbons (Fsp3) is 0.429. The van der Waals surface area contributed by atoms with E-state index in [9.17, 15) is 4.79 Å². The molecular formula is C21H27N2O2+. The van der Waals surface area contributed by atoms with Crippen molar-refractivity contribution in [2.24, 2.45) is 17.0 Å². The Balaban J connectivity index is 1.72. The van der Waals surface area contributed by atoms with Gasteiger partial charge in [0.1, 0.15) is 0 Å². The maximum Gasteiger partial charge on any atom is 0.366 e. The maximum absolute atomic E-state index is 12.5. The lowest BCUT2D eigenvalue weighted by atomic mass is 10.1. The second-order valence-electron chi connectivity index (χ2n) is 8.17. The van der Waals surface area contributed by atoms with Crippen molar-refractivity contribution in [3.05, 3.63) is 48.0 Å². The molecule has 4 heteroatoms. The van der Waals surface area contributed by atoms with Gasteiger partial charge in [-0.3, -0.25) is 0 Å². The molecule has 2 aromatic carbocycles. The predicted molar refractivity (Wildman–Crippen MR) is 102 cm³/mol. The van der Waals surface area contributed by atoms with Crippen molar-refractivity contribution in [2.75, 3.05) is 27.7 Å². The van der Waals surface area contributed by atoms with E-state index in [-0.39, 0.29) is 5.97 Å². The Labute approximate surface area is 149 Å². The first-order chi connectivity index (χ1) is 11.8. The van der Waals surface area contributed by atoms with Gasteiger partial charge in [-0.15, -0.1) is 0 Å². The van der Waals surface area contributed by atoms with Crippen molar-refractivity contribution >= 4 is 22.5 Å². The number of carbonyl (C=O) groups is 1. The second-order valence-corrected chi connectivity index (χ2v) is 8.17. The number of quaternary nitrogens is 1. The van der Waals surface area contributed by atoms with Crippen LogP contribution in [0.4, 0.5) is 0 Å². The van der Waals surface area contributed by atoms with Crippen LogP contribution < -0.4 is 0 Å². The van der Waals surface area contributed by atoms with Crippen LogP contribution in [0.1, 0.15) is 30.1 Å². The highest BCUT2D eigenvalue weighted by atomic mass is 16.7. The summed E-state index contributed by atoms with van der Waals surface area (Å²) in [7, 11) is 6.63. The lowest BCUT2D eigenvalue weighted by Crippen LogP contribution is -2.38. The standard InChI is InChI=1S/C21H27N2O2/c1-15-12-16(14-23(2,3)4)13-20(15)22-25-21(24)19-11-7-9-17-8-5-6-10-18(17)19/h5-11,15-16H,12-14H2,1-4H3/q+1/b22-20+/t15-,16+/m1/s1. The van der Waals surface area contributed by atoms with Gasteiger partial charge in [0.15, 0.2) is 0 Å². The monoisotopic (exact) mass is 339 g/mol. The van der Waals surface area contributed by atoms with E-state index in [1.165, 1.54) is 0 Å². The lowest BCUT2D eigenvalue weighted by Gasteiger charge is -2.27. The van der Waals surface area contributed by atoms with E-state index >= 15 is 0 Å². The van der Waals surface area contributed by atoms with Crippen molar-refractivity contribution < 1.29 is 14.1 Å². The molecule has 2 aromatic rings. The zero-order chi connectivity index (χ0) is 18.0. The Kier molecular flexibility index (Phi) is 4.91. The summed E-state index contributed by atoms with van der Waals surface area (Å²) in [6.45, 7) is 3.28. The van der Waals surface area contributed by atoms with Crippen molar-refractivity contribution in [2.45, 2.75) is 19.8 Å². The van der Waals surface area contributed by atoms with Crippen LogP contribution in [0.15, 0.2) is 47.6 Å². The Morgan fingerprint density at radius 1 is 1.16 bits per heavy atom. The van der Waals surface area contributed by atoms with Gasteiger partial charge in [-0.2, -0.15) is 0 Å². The highest BCUT2D eigenvalue weighted by Gasteiger charge is 2.32. The zero-order valence-corrected chi connectivity index (χ0v) is 15.5. The minimum absolute atomic E-state index is 0.372. The minimum Gasteiger partial charge on any atom is -0.331 e. The summed E-state index contributed by atoms with van der Waals surface area (Å²) in [5.74, 6) is 0.591. The summed E-state index contributed by atoms with van der Waals surface area (Å²) in [5, 5.41) is 6.16. The molecular weight excluding hydrogens is 312 g/mol. The Morgan fingerprint density at radius 2 is 1.88 bits per heavy atom. The third-order valence-corrected chi connectivity index (χ3v) is 4.81. The van der Waals surface area contributed by atoms with Crippen LogP contribution in [0.25, 0.3) is 10.8 Å². The zero-order valence-electron chi connectivity index (χ0n) is 15.5. The van der Waals surface area contributed by atoms with E-state index in [0.717, 1.165) is 40.4 Å². The van der Waals surface area contributed by atoms with Crippen molar-refractivity contribution in [3.8, 4) is 0 Å². The highest BCUT2D eigenvalue weighted by Crippen LogP contribution is 2.30. The normalized spacial score (nSPS) is 22.5. The van der Waals surface area contributed by atoms with Crippen LogP contribution in [0, 0.1) is 11.8 Å². The van der Waals surface area contributed by atoms with Crippen molar-refractivity contribution in [1.29, 1.82) is 0 Å². The van der Waals surface area contributed by atoms with Gasteiger partial charge in [0.25, 0.3) is 0 Å². The number of benzene rings is 2. The highest BCUT2D eigenvalue weighted by molar-refractivity contribution is 6.04. The number of nitrogens with zero attached hydrogens (tertiary/aromatic N) is 2. The molecule has 25 heavy (non-hydrogen) atoms. The summed E-state index contributed by atoms with van der Waals surface area (Å²) in [5.41, 5.74) is 1.57. The van der Waals surface area contributed by atoms with Crippen LogP contribution in [-0.4, -0.2) is 43.9 Å². The average Bonchev–Trinajstić information content (AvgIpc) is 2.89. The third-order valence-electron chi connectivity index (χ3n) is 4.81. The molecule has 1 aliphatic carbocycles. The predicted octanol–water partition coefficient (Wildman–Crippen LogP) is 4.10. The number of oxime groups is 1. The molecule has 3 rings (SSSR count). The molecule has 0 amide bonds. The van der Waals surface area contributed by atoms with Crippen molar-refractivity contribution in [3.63, 3.8) is 0 Å². The summed E-state index contributed by atoms with van der Waals surface area (Å²) in [6.07, 6.45) is 2.03. The lowest BCUT2D eigenvalue weighted by molar-refractivity contribution is -0.873. The summed E-state index contributed by atoms with van der Waals surface area (Å²) in [6, 6.07) is 13.5. The molecule has 2 atom stereocenters. The van der Waals surface area contributed by atoms with Crippen LogP contribution in [0.5, 0.6) is 0 Å². The average molecular weight is 339 g/mol. The van der Waals surface area contributed by atoms with E-state index in [0.29, 0.717) is 17.4 Å². The molecule has 132 valence electrons. The summed E-state index contributed by atoms with van der Waals surface area (Å²) in [4.78, 5) is 17.8. The molecule has 0 spiro atoms. The summed E-state index contributed by atoms with van der Waals surface area (Å²) < 4.78 is 0.945. The number of hydrogen-bond acceptors (Lipinski definition) is 3. The van der Waals surface area contributed by atoms with Gasteiger partial charge in [0.2, 0.25) is 0 Å². The first-order valence-electron chi connectivity index (χ1n) is 8.90. The molecule has 0 aromatic heterocycles. The second kappa shape index (κ2) is 6.96. The van der Waals surface area contributed by atoms with Crippen LogP contribution in [0.3, 0.4) is 0 Å². The van der Waals surface area contributed by atoms with Crippen LogP contribution >= 0.6 is 0 Å². The van der Waals surface area contributed by atoms with Gasteiger partial charge in [-0.25, -0.2) is 4.79 Å². The van der Waals surface area contributed by atoms with Crippen LogP contribution in [0.2, 0.25) is 0 Å². The number of carbonyl (C=O) groups excluding carboxylic acids is 1. The van der Waals surface area contributed by atoms with Gasteiger partial charge < -0.3 is 9.32 Å². The Morgan fingerprint density at radius 3 is 2.64 bits per heavy atom. The third kappa shape index (κ3) is 4.26. The van der Waals surface area contributed by atoms with Gasteiger partial charge in [-0.05, 0) is 35.6 Å². The Bertz CT molecular complexity index is 800. The molecule has 0 radical (unpaired) electrons.